The Morgan fingerprint density at radius 2 is 1.96 bits per heavy atom. The van der Waals surface area contributed by atoms with Gasteiger partial charge in [-0.15, -0.1) is 12.4 Å². The number of fused-ring (bicyclic) bond motifs is 1. The highest BCUT2D eigenvalue weighted by Crippen LogP contribution is 2.54. The lowest BCUT2D eigenvalue weighted by Gasteiger charge is -2.56. The van der Waals surface area contributed by atoms with Crippen molar-refractivity contribution in [3.8, 4) is 5.75 Å². The van der Waals surface area contributed by atoms with Crippen molar-refractivity contribution in [1.82, 2.24) is 5.32 Å². The van der Waals surface area contributed by atoms with Crippen molar-refractivity contribution < 1.29 is 25.8 Å². The van der Waals surface area contributed by atoms with Crippen molar-refractivity contribution in [3.05, 3.63) is 29.3 Å². The lowest BCUT2D eigenvalue weighted by atomic mass is 9.53. The molecule has 3 unspecified atom stereocenters. The summed E-state index contributed by atoms with van der Waals surface area (Å²) in [6.07, 6.45) is 6.11. The highest BCUT2D eigenvalue weighted by atomic mass is 35.5. The Hall–Kier alpha value is -0.990. The average Bonchev–Trinajstić information content (AvgIpc) is 2.54. The molecule has 2 fully saturated rings. The quantitative estimate of drug-likeness (QED) is 0.595. The number of hydrogen-bond donors (Lipinski definition) is 1. The van der Waals surface area contributed by atoms with E-state index in [1.165, 1.54) is 12.5 Å². The van der Waals surface area contributed by atoms with Gasteiger partial charge in [-0.05, 0) is 61.4 Å². The second-order valence-corrected chi connectivity index (χ2v) is 8.86. The molecule has 1 aromatic carbocycles. The van der Waals surface area contributed by atoms with E-state index < -0.39 is 15.6 Å². The second-order valence-electron chi connectivity index (χ2n) is 7.33. The van der Waals surface area contributed by atoms with Crippen molar-refractivity contribution in [3.63, 3.8) is 0 Å². The summed E-state index contributed by atoms with van der Waals surface area (Å²) >= 11 is 0. The maximum atomic E-state index is 12.6. The predicted molar refractivity (Wildman–Crippen MR) is 93.0 cm³/mol. The third-order valence-corrected chi connectivity index (χ3v) is 7.09. The van der Waals surface area contributed by atoms with E-state index in [2.05, 4.69) is 9.50 Å². The van der Waals surface area contributed by atoms with Gasteiger partial charge in [-0.3, -0.25) is 0 Å². The van der Waals surface area contributed by atoms with Gasteiger partial charge in [0.1, 0.15) is 5.75 Å². The van der Waals surface area contributed by atoms with Crippen LogP contribution in [0.25, 0.3) is 0 Å². The highest BCUT2D eigenvalue weighted by molar-refractivity contribution is 7.88. The zero-order valence-electron chi connectivity index (χ0n) is 14.0. The van der Waals surface area contributed by atoms with Crippen molar-refractivity contribution in [2.75, 3.05) is 6.54 Å². The molecule has 1 saturated carbocycles. The molecular formula is C17H21ClF3NO3S. The van der Waals surface area contributed by atoms with Crippen LogP contribution in [0.5, 0.6) is 5.75 Å². The maximum Gasteiger partial charge on any atom is 0.534 e. The molecule has 2 aliphatic carbocycles. The van der Waals surface area contributed by atoms with E-state index in [0.29, 0.717) is 12.0 Å². The van der Waals surface area contributed by atoms with E-state index in [4.69, 9.17) is 0 Å². The van der Waals surface area contributed by atoms with Crippen LogP contribution in [-0.4, -0.2) is 26.5 Å². The van der Waals surface area contributed by atoms with Gasteiger partial charge in [0, 0.05) is 11.5 Å². The summed E-state index contributed by atoms with van der Waals surface area (Å²) in [6, 6.07) is 4.99. The van der Waals surface area contributed by atoms with Crippen LogP contribution in [0.2, 0.25) is 0 Å². The number of halogens is 4. The van der Waals surface area contributed by atoms with Crippen molar-refractivity contribution in [1.29, 1.82) is 0 Å². The van der Waals surface area contributed by atoms with E-state index in [9.17, 15) is 21.6 Å². The molecule has 1 aromatic rings. The fourth-order valence-corrected chi connectivity index (χ4v) is 5.58. The Balaban J connectivity index is 0.00000196. The Kier molecular flexibility index (Phi) is 4.99. The average molecular weight is 412 g/mol. The fraction of sp³-hybridized carbons (Fsp3) is 0.647. The van der Waals surface area contributed by atoms with Gasteiger partial charge in [-0.1, -0.05) is 18.9 Å². The zero-order chi connectivity index (χ0) is 17.9. The van der Waals surface area contributed by atoms with Gasteiger partial charge < -0.3 is 9.50 Å². The van der Waals surface area contributed by atoms with Gasteiger partial charge in [-0.25, -0.2) is 0 Å². The molecule has 9 heteroatoms. The summed E-state index contributed by atoms with van der Waals surface area (Å²) in [5.74, 6) is 0.212. The Morgan fingerprint density at radius 3 is 2.69 bits per heavy atom. The van der Waals surface area contributed by atoms with E-state index in [1.807, 2.05) is 0 Å². The van der Waals surface area contributed by atoms with Gasteiger partial charge in [0.25, 0.3) is 0 Å². The number of alkyl halides is 3. The summed E-state index contributed by atoms with van der Waals surface area (Å²) in [6.45, 7) is 0.881. The van der Waals surface area contributed by atoms with Gasteiger partial charge in [-0.2, -0.15) is 21.6 Å². The van der Waals surface area contributed by atoms with Crippen molar-refractivity contribution in [2.45, 2.75) is 55.5 Å². The van der Waals surface area contributed by atoms with Gasteiger partial charge in [0.15, 0.2) is 0 Å². The summed E-state index contributed by atoms with van der Waals surface area (Å²) in [5.41, 5.74) is -3.41. The largest absolute Gasteiger partial charge is 0.534 e. The van der Waals surface area contributed by atoms with Crippen LogP contribution in [0.15, 0.2) is 18.2 Å². The topological polar surface area (TPSA) is 55.4 Å². The highest BCUT2D eigenvalue weighted by Gasteiger charge is 2.52. The van der Waals surface area contributed by atoms with Crippen LogP contribution in [0.4, 0.5) is 13.2 Å². The third-order valence-electron chi connectivity index (χ3n) is 6.11. The minimum Gasteiger partial charge on any atom is -0.376 e. The first-order valence-corrected chi connectivity index (χ1v) is 10.0. The molecular weight excluding hydrogens is 391 g/mol. The molecule has 1 saturated heterocycles. The van der Waals surface area contributed by atoms with E-state index in [-0.39, 0.29) is 23.6 Å². The first-order chi connectivity index (χ1) is 11.7. The molecule has 4 rings (SSSR count). The zero-order valence-corrected chi connectivity index (χ0v) is 15.6. The number of piperidine rings is 1. The Labute approximate surface area is 157 Å². The summed E-state index contributed by atoms with van der Waals surface area (Å²) in [4.78, 5) is 0. The Bertz CT molecular complexity index is 795. The molecule has 1 aliphatic heterocycles. The SMILES string of the molecule is Cl.O=S(=O)(Oc1ccc2c(c1)C13CCCCC1C(C2)NCC3)C(F)(F)F. The molecule has 0 aromatic heterocycles. The monoisotopic (exact) mass is 411 g/mol. The molecule has 1 N–H and O–H groups in total. The normalized spacial score (nSPS) is 30.6. The van der Waals surface area contributed by atoms with Gasteiger partial charge >= 0.3 is 15.6 Å². The van der Waals surface area contributed by atoms with Crippen LogP contribution in [0.1, 0.15) is 43.2 Å². The molecule has 0 amide bonds. The molecule has 1 heterocycles. The minimum atomic E-state index is -5.64. The van der Waals surface area contributed by atoms with Gasteiger partial charge in [0.05, 0.1) is 0 Å². The van der Waals surface area contributed by atoms with E-state index >= 15 is 0 Å². The van der Waals surface area contributed by atoms with Crippen LogP contribution < -0.4 is 9.50 Å². The van der Waals surface area contributed by atoms with E-state index in [1.54, 1.807) is 12.1 Å². The number of rotatable bonds is 2. The smallest absolute Gasteiger partial charge is 0.376 e. The Morgan fingerprint density at radius 1 is 1.19 bits per heavy atom. The molecule has 146 valence electrons. The number of nitrogens with one attached hydrogen (secondary N) is 1. The molecule has 4 nitrogen and oxygen atoms in total. The van der Waals surface area contributed by atoms with E-state index in [0.717, 1.165) is 49.8 Å². The standard InChI is InChI=1S/C17H20F3NO3S.ClH/c18-17(19,20)25(22,23)24-12-5-4-11-9-15-13-3-1-2-6-16(13,7-8-21-15)14(11)10-12;/h4-5,10,13,15,21H,1-3,6-9H2;1H. The summed E-state index contributed by atoms with van der Waals surface area (Å²) in [5, 5.41) is 3.58. The number of hydrogen-bond acceptors (Lipinski definition) is 4. The minimum absolute atomic E-state index is 0. The summed E-state index contributed by atoms with van der Waals surface area (Å²) in [7, 11) is -5.64. The molecule has 3 aliphatic rings. The van der Waals surface area contributed by atoms with Crippen LogP contribution in [0, 0.1) is 5.92 Å². The molecule has 3 atom stereocenters. The van der Waals surface area contributed by atoms with Gasteiger partial charge in [0.2, 0.25) is 0 Å². The molecule has 2 bridgehead atoms. The van der Waals surface area contributed by atoms with Crippen molar-refractivity contribution in [2.24, 2.45) is 5.92 Å². The van der Waals surface area contributed by atoms with Crippen LogP contribution in [-0.2, 0) is 22.0 Å². The third kappa shape index (κ3) is 2.99. The van der Waals surface area contributed by atoms with Crippen LogP contribution in [0.3, 0.4) is 0 Å². The van der Waals surface area contributed by atoms with Crippen LogP contribution >= 0.6 is 12.4 Å². The molecule has 26 heavy (non-hydrogen) atoms. The predicted octanol–water partition coefficient (Wildman–Crippen LogP) is 3.68. The molecule has 0 spiro atoms. The lowest BCUT2D eigenvalue weighted by molar-refractivity contribution is -0.0500. The maximum absolute atomic E-state index is 12.6. The summed E-state index contributed by atoms with van der Waals surface area (Å²) < 4.78 is 64.9. The fourth-order valence-electron chi connectivity index (χ4n) is 5.13. The lowest BCUT2D eigenvalue weighted by Crippen LogP contribution is -2.59. The first kappa shape index (κ1) is 19.8. The van der Waals surface area contributed by atoms with Crippen molar-refractivity contribution >= 4 is 22.5 Å². The second kappa shape index (κ2) is 6.56. The first-order valence-electron chi connectivity index (χ1n) is 8.60. The molecule has 0 radical (unpaired) electrons. The number of benzene rings is 1.